The average molecular weight is 936 g/mol. The second-order valence-electron chi connectivity index (χ2n) is 17.0. The van der Waals surface area contributed by atoms with Crippen molar-refractivity contribution >= 4 is 40.8 Å². The predicted molar refractivity (Wildman–Crippen MR) is 261 cm³/mol. The quantitative estimate of drug-likeness (QED) is 0.0502. The SMILES string of the molecule is CN(C)c1ccc2c(c1)Oc1cc(N(C)C)ccc1C21OC(=O)c2cc(C(=O)NCCOCCOCCOCCOCCC(=O)NCCC(=O)N3Cc4ccccc4C#Cc4ccccc43)ccc21. The van der Waals surface area contributed by atoms with Gasteiger partial charge < -0.3 is 53.8 Å². The third kappa shape index (κ3) is 11.1. The van der Waals surface area contributed by atoms with E-state index in [0.29, 0.717) is 85.5 Å². The van der Waals surface area contributed by atoms with Gasteiger partial charge in [-0.1, -0.05) is 48.2 Å². The highest BCUT2D eigenvalue weighted by Gasteiger charge is 2.54. The second kappa shape index (κ2) is 22.3. The Balaban J connectivity index is 0.682. The molecule has 0 atom stereocenters. The molecular weight excluding hydrogens is 879 g/mol. The maximum absolute atomic E-state index is 13.7. The number of carbonyl (C=O) groups excluding carboxylic acids is 4. The number of para-hydroxylation sites is 1. The molecule has 0 bridgehead atoms. The van der Waals surface area contributed by atoms with Gasteiger partial charge in [0.1, 0.15) is 11.5 Å². The molecule has 15 heteroatoms. The Morgan fingerprint density at radius 3 is 1.88 bits per heavy atom. The number of amides is 3. The van der Waals surface area contributed by atoms with E-state index in [0.717, 1.165) is 33.8 Å². The number of esters is 1. The number of hydrogen-bond acceptors (Lipinski definition) is 12. The zero-order chi connectivity index (χ0) is 48.3. The Bertz CT molecular complexity index is 2700. The first-order chi connectivity index (χ1) is 33.5. The Kier molecular flexibility index (Phi) is 15.6. The molecule has 0 fully saturated rings. The molecule has 0 aromatic heterocycles. The molecule has 3 heterocycles. The van der Waals surface area contributed by atoms with Crippen molar-refractivity contribution in [1.82, 2.24) is 10.6 Å². The van der Waals surface area contributed by atoms with E-state index in [1.165, 1.54) is 0 Å². The van der Waals surface area contributed by atoms with Crippen LogP contribution in [0.3, 0.4) is 0 Å². The van der Waals surface area contributed by atoms with Crippen LogP contribution in [0.15, 0.2) is 103 Å². The smallest absolute Gasteiger partial charge is 0.340 e. The summed E-state index contributed by atoms with van der Waals surface area (Å²) in [5, 5.41) is 5.68. The van der Waals surface area contributed by atoms with Crippen LogP contribution in [0.1, 0.15) is 66.9 Å². The van der Waals surface area contributed by atoms with Crippen LogP contribution < -0.4 is 30.1 Å². The van der Waals surface area contributed by atoms with Gasteiger partial charge in [0.15, 0.2) is 5.60 Å². The van der Waals surface area contributed by atoms with E-state index >= 15 is 0 Å². The minimum absolute atomic E-state index is 0.0982. The van der Waals surface area contributed by atoms with Gasteiger partial charge in [-0.2, -0.15) is 0 Å². The van der Waals surface area contributed by atoms with Gasteiger partial charge in [0.2, 0.25) is 11.8 Å². The van der Waals surface area contributed by atoms with Crippen molar-refractivity contribution in [2.75, 3.05) is 109 Å². The van der Waals surface area contributed by atoms with Crippen molar-refractivity contribution in [3.63, 3.8) is 0 Å². The zero-order valence-electron chi connectivity index (χ0n) is 39.4. The van der Waals surface area contributed by atoms with E-state index < -0.39 is 11.6 Å². The molecule has 0 saturated carbocycles. The number of ether oxygens (including phenoxy) is 6. The van der Waals surface area contributed by atoms with Crippen LogP contribution >= 0.6 is 0 Å². The lowest BCUT2D eigenvalue weighted by Crippen LogP contribution is -2.35. The molecule has 5 aromatic rings. The summed E-state index contributed by atoms with van der Waals surface area (Å²) in [5.74, 6) is 6.43. The van der Waals surface area contributed by atoms with Crippen LogP contribution in [-0.2, 0) is 45.4 Å². The van der Waals surface area contributed by atoms with Crippen LogP contribution in [0, 0.1) is 11.8 Å². The van der Waals surface area contributed by atoms with Gasteiger partial charge in [-0.3, -0.25) is 14.4 Å². The van der Waals surface area contributed by atoms with Gasteiger partial charge in [0, 0.05) is 111 Å². The van der Waals surface area contributed by atoms with Crippen LogP contribution in [-0.4, -0.2) is 118 Å². The summed E-state index contributed by atoms with van der Waals surface area (Å²) in [5.41, 5.74) is 6.73. The maximum atomic E-state index is 13.7. The van der Waals surface area contributed by atoms with Gasteiger partial charge in [-0.15, -0.1) is 0 Å². The third-order valence-electron chi connectivity index (χ3n) is 12.0. The summed E-state index contributed by atoms with van der Waals surface area (Å²) in [6.07, 6.45) is 0.318. The first kappa shape index (κ1) is 48.2. The highest BCUT2D eigenvalue weighted by Crippen LogP contribution is 2.57. The lowest BCUT2D eigenvalue weighted by molar-refractivity contribution is -0.122. The molecule has 15 nitrogen and oxygen atoms in total. The molecule has 358 valence electrons. The Morgan fingerprint density at radius 1 is 0.638 bits per heavy atom. The molecule has 2 N–H and O–H groups in total. The average Bonchev–Trinajstić information content (AvgIpc) is 3.63. The van der Waals surface area contributed by atoms with Gasteiger partial charge in [-0.25, -0.2) is 4.79 Å². The Hall–Kier alpha value is -7.22. The molecule has 3 aliphatic rings. The summed E-state index contributed by atoms with van der Waals surface area (Å²) in [6.45, 7) is 3.46. The number of rotatable bonds is 21. The predicted octanol–water partition coefficient (Wildman–Crippen LogP) is 6.03. The summed E-state index contributed by atoms with van der Waals surface area (Å²) >= 11 is 0. The van der Waals surface area contributed by atoms with Crippen LogP contribution in [0.5, 0.6) is 11.5 Å². The molecule has 69 heavy (non-hydrogen) atoms. The fourth-order valence-corrected chi connectivity index (χ4v) is 8.41. The Morgan fingerprint density at radius 2 is 1.22 bits per heavy atom. The summed E-state index contributed by atoms with van der Waals surface area (Å²) in [7, 11) is 7.81. The number of benzene rings is 5. The van der Waals surface area contributed by atoms with Crippen molar-refractivity contribution in [3.8, 4) is 23.3 Å². The normalized spacial score (nSPS) is 13.4. The van der Waals surface area contributed by atoms with Crippen LogP contribution in [0.2, 0.25) is 0 Å². The van der Waals surface area contributed by atoms with Gasteiger partial charge in [0.05, 0.1) is 70.7 Å². The maximum Gasteiger partial charge on any atom is 0.340 e. The number of nitrogens with one attached hydrogen (secondary N) is 2. The fourth-order valence-electron chi connectivity index (χ4n) is 8.41. The number of nitrogens with zero attached hydrogens (tertiary/aromatic N) is 3. The molecular formula is C54H57N5O10. The minimum Gasteiger partial charge on any atom is -0.456 e. The van der Waals surface area contributed by atoms with Crippen molar-refractivity contribution < 1.29 is 47.6 Å². The van der Waals surface area contributed by atoms with Crippen molar-refractivity contribution in [2.45, 2.75) is 25.0 Å². The molecule has 8 rings (SSSR count). The number of anilines is 3. The molecule has 3 aliphatic heterocycles. The molecule has 0 aliphatic carbocycles. The van der Waals surface area contributed by atoms with Crippen molar-refractivity contribution in [3.05, 3.63) is 148 Å². The largest absolute Gasteiger partial charge is 0.456 e. The second-order valence-corrected chi connectivity index (χ2v) is 17.0. The highest BCUT2D eigenvalue weighted by atomic mass is 16.6. The monoisotopic (exact) mass is 935 g/mol. The lowest BCUT2D eigenvalue weighted by Gasteiger charge is -2.37. The van der Waals surface area contributed by atoms with E-state index in [1.807, 2.05) is 123 Å². The highest BCUT2D eigenvalue weighted by molar-refractivity contribution is 6.02. The van der Waals surface area contributed by atoms with Gasteiger partial charge in [0.25, 0.3) is 5.91 Å². The van der Waals surface area contributed by atoms with E-state index in [9.17, 15) is 19.2 Å². The number of hydrogen-bond donors (Lipinski definition) is 2. The van der Waals surface area contributed by atoms with E-state index in [4.69, 9.17) is 28.4 Å². The first-order valence-electron chi connectivity index (χ1n) is 23.1. The van der Waals surface area contributed by atoms with Crippen molar-refractivity contribution in [2.24, 2.45) is 0 Å². The summed E-state index contributed by atoms with van der Waals surface area (Å²) < 4.78 is 35.1. The molecule has 0 saturated heterocycles. The third-order valence-corrected chi connectivity index (χ3v) is 12.0. The molecule has 5 aromatic carbocycles. The number of carbonyl (C=O) groups is 4. The standard InChI is InChI=1S/C54H57N5O10/c1-57(2)41-16-19-45-48(34-41)68-49-35-42(58(3)4)17-20-46(49)54(45)44-18-15-39(33-43(44)53(63)69-54)52(62)56-24-26-65-28-30-67-32-31-66-29-27-64-25-22-50(60)55-23-21-51(61)59-36-40-11-6-5-9-37(40)13-14-38-10-7-8-12-47(38)59/h5-12,15-20,33-35H,21-32,36H2,1-4H3,(H,55,60)(H,56,62). The molecule has 3 amide bonds. The first-order valence-corrected chi connectivity index (χ1v) is 23.1. The van der Waals surface area contributed by atoms with E-state index in [1.54, 1.807) is 23.1 Å². The lowest BCUT2D eigenvalue weighted by atomic mass is 9.77. The van der Waals surface area contributed by atoms with Crippen LogP contribution in [0.4, 0.5) is 17.1 Å². The van der Waals surface area contributed by atoms with Gasteiger partial charge in [-0.05, 0) is 60.2 Å². The van der Waals surface area contributed by atoms with E-state index in [-0.39, 0.29) is 56.9 Å². The topological polar surface area (TPSA) is 157 Å². The summed E-state index contributed by atoms with van der Waals surface area (Å²) in [6, 6.07) is 32.2. The molecule has 0 unspecified atom stereocenters. The Labute approximate surface area is 402 Å². The van der Waals surface area contributed by atoms with Crippen LogP contribution in [0.25, 0.3) is 0 Å². The number of fused-ring (bicyclic) bond motifs is 8. The fraction of sp³-hybridized carbons (Fsp3) is 0.333. The minimum atomic E-state index is -1.25. The van der Waals surface area contributed by atoms with E-state index in [2.05, 4.69) is 22.5 Å². The van der Waals surface area contributed by atoms with Crippen molar-refractivity contribution in [1.29, 1.82) is 0 Å². The zero-order valence-corrected chi connectivity index (χ0v) is 39.4. The van der Waals surface area contributed by atoms with Gasteiger partial charge >= 0.3 is 5.97 Å². The molecule has 1 spiro atoms. The summed E-state index contributed by atoms with van der Waals surface area (Å²) in [4.78, 5) is 58.4. The molecule has 0 radical (unpaired) electrons.